The Morgan fingerprint density at radius 3 is 2.21 bits per heavy atom. The van der Waals surface area contributed by atoms with Crippen LogP contribution in [0.5, 0.6) is 0 Å². The van der Waals surface area contributed by atoms with Crippen LogP contribution in [0, 0.1) is 5.92 Å². The van der Waals surface area contributed by atoms with Gasteiger partial charge < -0.3 is 18.3 Å². The first kappa shape index (κ1) is 23.2. The van der Waals surface area contributed by atoms with Crippen LogP contribution in [0.4, 0.5) is 0 Å². The zero-order chi connectivity index (χ0) is 20.6. The highest BCUT2D eigenvalue weighted by atomic mass is 31.2. The minimum atomic E-state index is -3.43. The quantitative estimate of drug-likeness (QED) is 0.390. The summed E-state index contributed by atoms with van der Waals surface area (Å²) in [6.07, 6.45) is 7.27. The second kappa shape index (κ2) is 10.6. The molecule has 7 heteroatoms. The maximum absolute atomic E-state index is 13.3. The van der Waals surface area contributed by atoms with E-state index in [2.05, 4.69) is 0 Å². The van der Waals surface area contributed by atoms with Crippen molar-refractivity contribution in [3.63, 3.8) is 0 Å². The highest BCUT2D eigenvalue weighted by Crippen LogP contribution is 2.68. The van der Waals surface area contributed by atoms with E-state index >= 15 is 0 Å². The highest BCUT2D eigenvalue weighted by Gasteiger charge is 2.44. The Kier molecular flexibility index (Phi) is 8.77. The van der Waals surface area contributed by atoms with Crippen LogP contribution in [-0.4, -0.2) is 31.9 Å². The molecule has 0 heterocycles. The van der Waals surface area contributed by atoms with Crippen molar-refractivity contribution >= 4 is 14.7 Å². The lowest BCUT2D eigenvalue weighted by Gasteiger charge is -2.31. The molecule has 2 unspecified atom stereocenters. The van der Waals surface area contributed by atoms with Crippen LogP contribution in [-0.2, 0) is 29.5 Å². The molecule has 0 bridgehead atoms. The van der Waals surface area contributed by atoms with Crippen molar-refractivity contribution < 1.29 is 22.9 Å². The summed E-state index contributed by atoms with van der Waals surface area (Å²) < 4.78 is 43.0. The average Bonchev–Trinajstić information content (AvgIpc) is 2.65. The van der Waals surface area contributed by atoms with E-state index in [0.717, 1.165) is 17.7 Å². The van der Waals surface area contributed by atoms with Crippen LogP contribution < -0.4 is 0 Å². The molecule has 0 aromatic heterocycles. The van der Waals surface area contributed by atoms with Crippen LogP contribution in [0.3, 0.4) is 0 Å². The van der Waals surface area contributed by atoms with Crippen molar-refractivity contribution in [2.75, 3.05) is 26.5 Å². The second-order valence-corrected chi connectivity index (χ2v) is 13.4. The number of ether oxygens (including phenoxy) is 1. The van der Waals surface area contributed by atoms with Gasteiger partial charge in [0.25, 0.3) is 0 Å². The van der Waals surface area contributed by atoms with E-state index in [9.17, 15) is 9.13 Å². The van der Waals surface area contributed by atoms with Crippen LogP contribution in [0.25, 0.3) is 0 Å². The van der Waals surface area contributed by atoms with Gasteiger partial charge in [-0.1, -0.05) is 36.4 Å². The molecule has 5 nitrogen and oxygen atoms in total. The Morgan fingerprint density at radius 1 is 1.07 bits per heavy atom. The van der Waals surface area contributed by atoms with Gasteiger partial charge in [-0.2, -0.15) is 0 Å². The highest BCUT2D eigenvalue weighted by molar-refractivity contribution is 7.77. The molecule has 156 valence electrons. The summed E-state index contributed by atoms with van der Waals surface area (Å²) in [5.74, 6) is 0.946. The first-order chi connectivity index (χ1) is 13.3. The fourth-order valence-corrected chi connectivity index (χ4v) is 8.80. The number of allylic oxidation sites excluding steroid dienone is 3. The fraction of sp³-hybridized carbons (Fsp3) is 0.524. The van der Waals surface area contributed by atoms with Gasteiger partial charge in [0.2, 0.25) is 0 Å². The van der Waals surface area contributed by atoms with E-state index in [1.807, 2.05) is 48.6 Å². The van der Waals surface area contributed by atoms with Crippen LogP contribution in [0.1, 0.15) is 32.3 Å². The van der Waals surface area contributed by atoms with Gasteiger partial charge in [0.1, 0.15) is 17.8 Å². The molecule has 0 aliphatic heterocycles. The van der Waals surface area contributed by atoms with Crippen molar-refractivity contribution in [1.82, 2.24) is 0 Å². The topological polar surface area (TPSA) is 61.8 Å². The summed E-state index contributed by atoms with van der Waals surface area (Å²) in [6.45, 7) is 7.94. The molecule has 0 radical (unpaired) electrons. The first-order valence-corrected chi connectivity index (χ1v) is 14.0. The molecular weight excluding hydrogens is 394 g/mol. The van der Waals surface area contributed by atoms with E-state index in [-0.39, 0.29) is 19.1 Å². The molecule has 0 spiro atoms. The van der Waals surface area contributed by atoms with Crippen molar-refractivity contribution in [2.45, 2.75) is 38.7 Å². The predicted molar refractivity (Wildman–Crippen MR) is 115 cm³/mol. The zero-order valence-electron chi connectivity index (χ0n) is 17.2. The molecule has 1 aromatic carbocycles. The Balaban J connectivity index is 2.01. The monoisotopic (exact) mass is 426 g/mol. The largest absolute Gasteiger partial charge is 0.489 e. The predicted octanol–water partition coefficient (Wildman–Crippen LogP) is 6.27. The maximum atomic E-state index is 13.3. The van der Waals surface area contributed by atoms with Gasteiger partial charge in [-0.25, -0.2) is 0 Å². The van der Waals surface area contributed by atoms with Crippen molar-refractivity contribution in [3.05, 3.63) is 59.9 Å². The molecule has 0 fully saturated rings. The average molecular weight is 426 g/mol. The Morgan fingerprint density at radius 2 is 1.71 bits per heavy atom. The normalized spacial score (nSPS) is 18.6. The molecular formula is C21H32O5P2. The van der Waals surface area contributed by atoms with Crippen LogP contribution in [0.2, 0.25) is 0 Å². The molecule has 0 saturated heterocycles. The summed E-state index contributed by atoms with van der Waals surface area (Å²) >= 11 is 0. The summed E-state index contributed by atoms with van der Waals surface area (Å²) in [7, 11) is -6.13. The van der Waals surface area contributed by atoms with Crippen molar-refractivity contribution in [2.24, 2.45) is 5.92 Å². The molecule has 1 aliphatic carbocycles. The molecule has 1 aromatic rings. The lowest BCUT2D eigenvalue weighted by atomic mass is 9.97. The van der Waals surface area contributed by atoms with Crippen molar-refractivity contribution in [3.8, 4) is 0 Å². The summed E-state index contributed by atoms with van der Waals surface area (Å²) in [6, 6.07) is 10.0. The van der Waals surface area contributed by atoms with E-state index in [1.165, 1.54) is 0 Å². The number of hydrogen-bond acceptors (Lipinski definition) is 5. The zero-order valence-corrected chi connectivity index (χ0v) is 19.0. The van der Waals surface area contributed by atoms with Gasteiger partial charge in [-0.05, 0) is 63.7 Å². The third kappa shape index (κ3) is 6.74. The minimum absolute atomic E-state index is 0.122. The standard InChI is InChI=1S/C21H32O5P2/c1-5-25-28(23,26-6-2)21(27(3,4)22)16-18-12-14-20(15-13-18)24-17-19-10-8-7-9-11-19/h7-12,14-15,18,21H,5-6,13,16-17H2,1-4H3. The lowest BCUT2D eigenvalue weighted by molar-refractivity contribution is 0.207. The van der Waals surface area contributed by atoms with E-state index in [0.29, 0.717) is 13.0 Å². The Hall–Kier alpha value is -1.12. The van der Waals surface area contributed by atoms with Gasteiger partial charge in [0, 0.05) is 0 Å². The third-order valence-electron chi connectivity index (χ3n) is 4.62. The molecule has 2 rings (SSSR count). The Labute approximate surface area is 169 Å². The number of benzene rings is 1. The second-order valence-electron chi connectivity index (χ2n) is 7.26. The maximum Gasteiger partial charge on any atom is 0.340 e. The van der Waals surface area contributed by atoms with E-state index in [4.69, 9.17) is 13.8 Å². The lowest BCUT2D eigenvalue weighted by Crippen LogP contribution is -2.18. The van der Waals surface area contributed by atoms with Crippen LogP contribution in [0.15, 0.2) is 54.3 Å². The van der Waals surface area contributed by atoms with Gasteiger partial charge in [0.05, 0.1) is 20.4 Å². The Bertz CT molecular complexity index is 756. The van der Waals surface area contributed by atoms with E-state index < -0.39 is 20.1 Å². The molecule has 0 saturated carbocycles. The SMILES string of the molecule is CCOP(=O)(OCC)C(CC1C=CC(OCc2ccccc2)=CC1)P(C)(C)=O. The smallest absolute Gasteiger partial charge is 0.340 e. The first-order valence-electron chi connectivity index (χ1n) is 9.77. The molecule has 0 N–H and O–H groups in total. The van der Waals surface area contributed by atoms with Crippen LogP contribution >= 0.6 is 14.7 Å². The molecule has 28 heavy (non-hydrogen) atoms. The van der Waals surface area contributed by atoms with Gasteiger partial charge >= 0.3 is 7.60 Å². The summed E-state index contributed by atoms with van der Waals surface area (Å²) in [4.78, 5) is 0. The summed E-state index contributed by atoms with van der Waals surface area (Å²) in [5.41, 5.74) is 1.12. The fourth-order valence-electron chi connectivity index (χ4n) is 3.23. The third-order valence-corrected chi connectivity index (χ3v) is 11.0. The minimum Gasteiger partial charge on any atom is -0.489 e. The molecule has 2 atom stereocenters. The van der Waals surface area contributed by atoms with Crippen molar-refractivity contribution in [1.29, 1.82) is 0 Å². The number of hydrogen-bond donors (Lipinski definition) is 0. The van der Waals surface area contributed by atoms with Gasteiger partial charge in [-0.3, -0.25) is 4.57 Å². The molecule has 0 amide bonds. The number of rotatable bonds is 11. The molecule has 1 aliphatic rings. The van der Waals surface area contributed by atoms with E-state index in [1.54, 1.807) is 27.2 Å². The summed E-state index contributed by atoms with van der Waals surface area (Å²) in [5, 5.41) is -0.602. The van der Waals surface area contributed by atoms with Gasteiger partial charge in [-0.15, -0.1) is 0 Å². The van der Waals surface area contributed by atoms with Gasteiger partial charge in [0.15, 0.2) is 0 Å².